The quantitative estimate of drug-likeness (QED) is 0.499. The molecule has 10 heavy (non-hydrogen) atoms. The van der Waals surface area contributed by atoms with Crippen molar-refractivity contribution >= 4 is 12.4 Å². The Morgan fingerprint density at radius 3 is 2.70 bits per heavy atom. The van der Waals surface area contributed by atoms with E-state index in [0.29, 0.717) is 17.4 Å². The van der Waals surface area contributed by atoms with Crippen molar-refractivity contribution in [3.63, 3.8) is 0 Å². The molecule has 0 radical (unpaired) electrons. The number of hydrogen-bond donors (Lipinski definition) is 1. The van der Waals surface area contributed by atoms with Crippen LogP contribution in [-0.4, -0.2) is 11.4 Å². The number of carbonyl (C=O) groups excluding carboxylic acids is 1. The number of furan rings is 1. The number of carbonyl (C=O) groups is 1. The fourth-order valence-corrected chi connectivity index (χ4v) is 0.628. The number of aliphatic hydroxyl groups is 1. The maximum atomic E-state index is 10.2. The van der Waals surface area contributed by atoms with E-state index in [2.05, 4.69) is 0 Å². The zero-order valence-corrected chi connectivity index (χ0v) is 5.15. The van der Waals surface area contributed by atoms with Crippen molar-refractivity contribution in [2.45, 2.75) is 0 Å². The van der Waals surface area contributed by atoms with Crippen molar-refractivity contribution < 1.29 is 14.3 Å². The Hall–Kier alpha value is -1.51. The first kappa shape index (κ1) is 6.61. The van der Waals surface area contributed by atoms with Gasteiger partial charge in [-0.25, -0.2) is 0 Å². The van der Waals surface area contributed by atoms with Crippen LogP contribution in [0.25, 0.3) is 6.08 Å². The zero-order chi connectivity index (χ0) is 7.40. The van der Waals surface area contributed by atoms with E-state index in [9.17, 15) is 4.79 Å². The Labute approximate surface area is 57.6 Å². The molecule has 0 spiro atoms. The minimum absolute atomic E-state index is 0.435. The van der Waals surface area contributed by atoms with Gasteiger partial charge in [0.1, 0.15) is 6.26 Å². The van der Waals surface area contributed by atoms with E-state index in [1.165, 1.54) is 18.6 Å². The molecular weight excluding hydrogens is 132 g/mol. The lowest BCUT2D eigenvalue weighted by molar-refractivity contribution is 0.112. The number of hydrogen-bond acceptors (Lipinski definition) is 3. The van der Waals surface area contributed by atoms with Crippen LogP contribution in [0.4, 0.5) is 0 Å². The first-order chi connectivity index (χ1) is 4.88. The van der Waals surface area contributed by atoms with Gasteiger partial charge in [0.05, 0.1) is 18.1 Å². The van der Waals surface area contributed by atoms with E-state index in [4.69, 9.17) is 9.52 Å². The minimum atomic E-state index is 0.435. The van der Waals surface area contributed by atoms with Crippen LogP contribution in [0.2, 0.25) is 0 Å². The normalized spacial score (nSPS) is 10.4. The average molecular weight is 138 g/mol. The van der Waals surface area contributed by atoms with Crippen LogP contribution in [0.1, 0.15) is 15.9 Å². The van der Waals surface area contributed by atoms with Crippen LogP contribution in [0.15, 0.2) is 23.2 Å². The van der Waals surface area contributed by atoms with Crippen molar-refractivity contribution in [2.75, 3.05) is 0 Å². The smallest absolute Gasteiger partial charge is 0.153 e. The molecule has 1 heterocycles. The van der Waals surface area contributed by atoms with Crippen LogP contribution >= 0.6 is 0 Å². The summed E-state index contributed by atoms with van der Waals surface area (Å²) in [5.74, 6) is 0. The molecule has 1 N–H and O–H groups in total. The monoisotopic (exact) mass is 138 g/mol. The van der Waals surface area contributed by atoms with E-state index in [0.717, 1.165) is 6.26 Å². The van der Waals surface area contributed by atoms with Gasteiger partial charge in [0.25, 0.3) is 0 Å². The van der Waals surface area contributed by atoms with Gasteiger partial charge in [-0.15, -0.1) is 0 Å². The summed E-state index contributed by atoms with van der Waals surface area (Å²) in [4.78, 5) is 10.2. The molecule has 0 saturated heterocycles. The highest BCUT2D eigenvalue weighted by Crippen LogP contribution is 2.08. The zero-order valence-electron chi connectivity index (χ0n) is 5.15. The molecule has 0 aliphatic carbocycles. The van der Waals surface area contributed by atoms with Gasteiger partial charge in [-0.1, -0.05) is 0 Å². The average Bonchev–Trinajstić information content (AvgIpc) is 2.36. The number of rotatable bonds is 2. The Balaban J connectivity index is 3.00. The standard InChI is InChI=1S/C7H6O3/c8-2-1-6-4-10-5-7(6)3-9/h1-5,8H. The maximum absolute atomic E-state index is 10.2. The Bertz CT molecular complexity index is 247. The summed E-state index contributed by atoms with van der Waals surface area (Å²) in [6.07, 6.45) is 5.61. The van der Waals surface area contributed by atoms with E-state index >= 15 is 0 Å². The van der Waals surface area contributed by atoms with Crippen molar-refractivity contribution in [3.8, 4) is 0 Å². The second-order valence-electron chi connectivity index (χ2n) is 1.72. The molecule has 0 aliphatic rings. The molecule has 3 nitrogen and oxygen atoms in total. The fourth-order valence-electron chi connectivity index (χ4n) is 0.628. The first-order valence-electron chi connectivity index (χ1n) is 2.70. The topological polar surface area (TPSA) is 50.4 Å². The van der Waals surface area contributed by atoms with Crippen molar-refractivity contribution in [1.29, 1.82) is 0 Å². The first-order valence-corrected chi connectivity index (χ1v) is 2.70. The molecule has 0 aliphatic heterocycles. The molecule has 0 bridgehead atoms. The van der Waals surface area contributed by atoms with Crippen LogP contribution in [-0.2, 0) is 0 Å². The molecule has 0 saturated carbocycles. The lowest BCUT2D eigenvalue weighted by Gasteiger charge is -1.81. The molecule has 0 amide bonds. The minimum Gasteiger partial charge on any atom is -0.516 e. The highest BCUT2D eigenvalue weighted by Gasteiger charge is 1.98. The Morgan fingerprint density at radius 1 is 1.40 bits per heavy atom. The molecule has 0 unspecified atom stereocenters. The van der Waals surface area contributed by atoms with Crippen LogP contribution in [0.5, 0.6) is 0 Å². The van der Waals surface area contributed by atoms with Gasteiger partial charge < -0.3 is 9.52 Å². The highest BCUT2D eigenvalue weighted by molar-refractivity contribution is 5.80. The van der Waals surface area contributed by atoms with E-state index in [1.54, 1.807) is 0 Å². The van der Waals surface area contributed by atoms with Crippen molar-refractivity contribution in [1.82, 2.24) is 0 Å². The number of aldehydes is 1. The fraction of sp³-hybridized carbons (Fsp3) is 0. The molecule has 3 heteroatoms. The number of aliphatic hydroxyl groups excluding tert-OH is 1. The Morgan fingerprint density at radius 2 is 2.10 bits per heavy atom. The van der Waals surface area contributed by atoms with Gasteiger partial charge in [0, 0.05) is 5.56 Å². The summed E-state index contributed by atoms with van der Waals surface area (Å²) >= 11 is 0. The largest absolute Gasteiger partial charge is 0.516 e. The van der Waals surface area contributed by atoms with E-state index in [1.807, 2.05) is 0 Å². The summed E-state index contributed by atoms with van der Waals surface area (Å²) in [5.41, 5.74) is 1.02. The van der Waals surface area contributed by atoms with Crippen LogP contribution in [0.3, 0.4) is 0 Å². The third kappa shape index (κ3) is 1.07. The van der Waals surface area contributed by atoms with Crippen LogP contribution in [0, 0.1) is 0 Å². The lowest BCUT2D eigenvalue weighted by Crippen LogP contribution is -1.76. The molecule has 1 aromatic rings. The lowest BCUT2D eigenvalue weighted by atomic mass is 10.2. The summed E-state index contributed by atoms with van der Waals surface area (Å²) in [5, 5.41) is 8.32. The summed E-state index contributed by atoms with van der Waals surface area (Å²) < 4.78 is 4.70. The summed E-state index contributed by atoms with van der Waals surface area (Å²) in [7, 11) is 0. The Kier molecular flexibility index (Phi) is 1.89. The van der Waals surface area contributed by atoms with Crippen molar-refractivity contribution in [2.24, 2.45) is 0 Å². The van der Waals surface area contributed by atoms with Gasteiger partial charge in [-0.2, -0.15) is 0 Å². The molecule has 0 aromatic carbocycles. The van der Waals surface area contributed by atoms with Crippen molar-refractivity contribution in [3.05, 3.63) is 29.9 Å². The molecule has 1 aromatic heterocycles. The van der Waals surface area contributed by atoms with E-state index in [-0.39, 0.29) is 0 Å². The van der Waals surface area contributed by atoms with Gasteiger partial charge in [0.2, 0.25) is 0 Å². The predicted octanol–water partition coefficient (Wildman–Crippen LogP) is 1.62. The molecular formula is C7H6O3. The highest BCUT2D eigenvalue weighted by atomic mass is 16.3. The maximum Gasteiger partial charge on any atom is 0.153 e. The second-order valence-corrected chi connectivity index (χ2v) is 1.72. The second kappa shape index (κ2) is 2.87. The predicted molar refractivity (Wildman–Crippen MR) is 35.8 cm³/mol. The summed E-state index contributed by atoms with van der Waals surface area (Å²) in [6.45, 7) is 0. The summed E-state index contributed by atoms with van der Waals surface area (Å²) in [6, 6.07) is 0. The van der Waals surface area contributed by atoms with Gasteiger partial charge >= 0.3 is 0 Å². The van der Waals surface area contributed by atoms with Gasteiger partial charge in [-0.3, -0.25) is 4.79 Å². The molecule has 1 rings (SSSR count). The van der Waals surface area contributed by atoms with Gasteiger partial charge in [-0.05, 0) is 6.08 Å². The molecule has 0 fully saturated rings. The van der Waals surface area contributed by atoms with Crippen LogP contribution < -0.4 is 0 Å². The molecule has 0 atom stereocenters. The SMILES string of the molecule is O=Cc1cocc1C=CO. The third-order valence-corrected chi connectivity index (χ3v) is 1.10. The third-order valence-electron chi connectivity index (χ3n) is 1.10. The molecule has 52 valence electrons. The van der Waals surface area contributed by atoms with E-state index < -0.39 is 0 Å². The van der Waals surface area contributed by atoms with Gasteiger partial charge in [0.15, 0.2) is 6.29 Å².